The molecular formula is C15H21F2NO2. The maximum absolute atomic E-state index is 13.6. The number of carbonyl (C=O) groups is 1. The van der Waals surface area contributed by atoms with E-state index in [-0.39, 0.29) is 23.9 Å². The Hall–Kier alpha value is -1.49. The molecule has 1 rings (SSSR count). The van der Waals surface area contributed by atoms with Crippen molar-refractivity contribution in [2.75, 3.05) is 6.54 Å². The number of hydrogen-bond donors (Lipinski definition) is 2. The molecule has 1 unspecified atom stereocenters. The highest BCUT2D eigenvalue weighted by Gasteiger charge is 2.28. The summed E-state index contributed by atoms with van der Waals surface area (Å²) < 4.78 is 26.5. The van der Waals surface area contributed by atoms with Gasteiger partial charge in [0.15, 0.2) is 0 Å². The van der Waals surface area contributed by atoms with Gasteiger partial charge >= 0.3 is 0 Å². The van der Waals surface area contributed by atoms with Crippen LogP contribution in [0.1, 0.15) is 39.2 Å². The predicted octanol–water partition coefficient (Wildman–Crippen LogP) is 2.72. The third kappa shape index (κ3) is 4.00. The van der Waals surface area contributed by atoms with Crippen LogP contribution in [0.15, 0.2) is 18.2 Å². The third-order valence-electron chi connectivity index (χ3n) is 3.47. The fraction of sp³-hybridized carbons (Fsp3) is 0.533. The molecule has 112 valence electrons. The Bertz CT molecular complexity index is 471. The topological polar surface area (TPSA) is 49.3 Å². The smallest absolute Gasteiger partial charge is 0.223 e. The Morgan fingerprint density at radius 1 is 1.35 bits per heavy atom. The van der Waals surface area contributed by atoms with Crippen molar-refractivity contribution in [1.82, 2.24) is 5.32 Å². The maximum atomic E-state index is 13.6. The van der Waals surface area contributed by atoms with Gasteiger partial charge in [-0.15, -0.1) is 0 Å². The van der Waals surface area contributed by atoms with Gasteiger partial charge in [0.25, 0.3) is 0 Å². The minimum Gasteiger partial charge on any atom is -0.383 e. The Morgan fingerprint density at radius 2 is 1.95 bits per heavy atom. The first-order valence-corrected chi connectivity index (χ1v) is 6.77. The lowest BCUT2D eigenvalue weighted by Crippen LogP contribution is -2.41. The molecule has 0 spiro atoms. The van der Waals surface area contributed by atoms with Crippen molar-refractivity contribution < 1.29 is 18.7 Å². The van der Waals surface area contributed by atoms with Gasteiger partial charge in [-0.1, -0.05) is 19.9 Å². The molecule has 0 fully saturated rings. The summed E-state index contributed by atoms with van der Waals surface area (Å²) >= 11 is 0. The van der Waals surface area contributed by atoms with E-state index in [0.717, 1.165) is 6.07 Å². The quantitative estimate of drug-likeness (QED) is 0.844. The lowest BCUT2D eigenvalue weighted by atomic mass is 9.94. The summed E-state index contributed by atoms with van der Waals surface area (Å²) in [5, 5.41) is 12.9. The largest absolute Gasteiger partial charge is 0.383 e. The molecule has 0 saturated carbocycles. The molecule has 0 aliphatic carbocycles. The lowest BCUT2D eigenvalue weighted by molar-refractivity contribution is -0.126. The molecule has 0 saturated heterocycles. The van der Waals surface area contributed by atoms with Gasteiger partial charge in [-0.25, -0.2) is 8.78 Å². The SMILES string of the molecule is CCC(CC)C(=O)NCC(C)(O)c1ccc(F)cc1F. The zero-order valence-corrected chi connectivity index (χ0v) is 12.0. The van der Waals surface area contributed by atoms with Gasteiger partial charge in [0, 0.05) is 17.5 Å². The average molecular weight is 285 g/mol. The van der Waals surface area contributed by atoms with Crippen LogP contribution in [-0.4, -0.2) is 17.6 Å². The lowest BCUT2D eigenvalue weighted by Gasteiger charge is -2.25. The molecule has 5 heteroatoms. The van der Waals surface area contributed by atoms with Crippen molar-refractivity contribution >= 4 is 5.91 Å². The van der Waals surface area contributed by atoms with E-state index in [1.165, 1.54) is 13.0 Å². The summed E-state index contributed by atoms with van der Waals surface area (Å²) in [6, 6.07) is 2.98. The van der Waals surface area contributed by atoms with Crippen LogP contribution >= 0.6 is 0 Å². The zero-order chi connectivity index (χ0) is 15.3. The molecule has 20 heavy (non-hydrogen) atoms. The Balaban J connectivity index is 2.77. The fourth-order valence-corrected chi connectivity index (χ4v) is 2.08. The Morgan fingerprint density at radius 3 is 2.45 bits per heavy atom. The van der Waals surface area contributed by atoms with E-state index < -0.39 is 17.2 Å². The molecule has 0 aliphatic heterocycles. The number of hydrogen-bond acceptors (Lipinski definition) is 2. The van der Waals surface area contributed by atoms with Gasteiger partial charge in [0.1, 0.15) is 17.2 Å². The number of amides is 1. The number of halogens is 2. The molecular weight excluding hydrogens is 264 g/mol. The fourth-order valence-electron chi connectivity index (χ4n) is 2.08. The van der Waals surface area contributed by atoms with Gasteiger partial charge in [-0.3, -0.25) is 4.79 Å². The number of benzene rings is 1. The number of rotatable bonds is 6. The van der Waals surface area contributed by atoms with Crippen LogP contribution in [-0.2, 0) is 10.4 Å². The maximum Gasteiger partial charge on any atom is 0.223 e. The summed E-state index contributed by atoms with van der Waals surface area (Å²) in [7, 11) is 0. The van der Waals surface area contributed by atoms with Gasteiger partial charge < -0.3 is 10.4 Å². The average Bonchev–Trinajstić information content (AvgIpc) is 2.37. The third-order valence-corrected chi connectivity index (χ3v) is 3.47. The zero-order valence-electron chi connectivity index (χ0n) is 12.0. The number of aliphatic hydroxyl groups is 1. The molecule has 2 N–H and O–H groups in total. The minimum atomic E-state index is -1.58. The highest BCUT2D eigenvalue weighted by molar-refractivity contribution is 5.78. The van der Waals surface area contributed by atoms with Crippen molar-refractivity contribution in [1.29, 1.82) is 0 Å². The van der Waals surface area contributed by atoms with E-state index in [0.29, 0.717) is 18.9 Å². The van der Waals surface area contributed by atoms with E-state index >= 15 is 0 Å². The molecule has 0 heterocycles. The summed E-state index contributed by atoms with van der Waals surface area (Å²) in [6.45, 7) is 5.08. The molecule has 1 aromatic rings. The Labute approximate surface area is 118 Å². The number of carbonyl (C=O) groups excluding carboxylic acids is 1. The van der Waals surface area contributed by atoms with Crippen LogP contribution in [0.3, 0.4) is 0 Å². The van der Waals surface area contributed by atoms with Crippen molar-refractivity contribution in [2.45, 2.75) is 39.2 Å². The van der Waals surface area contributed by atoms with Gasteiger partial charge in [0.05, 0.1) is 6.54 Å². The predicted molar refractivity (Wildman–Crippen MR) is 73.0 cm³/mol. The molecule has 3 nitrogen and oxygen atoms in total. The van der Waals surface area contributed by atoms with Gasteiger partial charge in [0.2, 0.25) is 5.91 Å². The van der Waals surface area contributed by atoms with Crippen LogP contribution in [0.4, 0.5) is 8.78 Å². The van der Waals surface area contributed by atoms with E-state index in [1.807, 2.05) is 13.8 Å². The molecule has 1 amide bonds. The van der Waals surface area contributed by atoms with Gasteiger partial charge in [-0.2, -0.15) is 0 Å². The monoisotopic (exact) mass is 285 g/mol. The van der Waals surface area contributed by atoms with Crippen molar-refractivity contribution in [2.24, 2.45) is 5.92 Å². The van der Waals surface area contributed by atoms with Gasteiger partial charge in [-0.05, 0) is 25.8 Å². The van der Waals surface area contributed by atoms with Crippen molar-refractivity contribution in [3.05, 3.63) is 35.4 Å². The van der Waals surface area contributed by atoms with Crippen molar-refractivity contribution in [3.63, 3.8) is 0 Å². The minimum absolute atomic E-state index is 0.0382. The first-order chi connectivity index (χ1) is 9.31. The summed E-state index contributed by atoms with van der Waals surface area (Å²) in [6.07, 6.45) is 1.41. The second kappa shape index (κ2) is 6.79. The summed E-state index contributed by atoms with van der Waals surface area (Å²) in [5.41, 5.74) is -1.62. The second-order valence-corrected chi connectivity index (χ2v) is 5.13. The molecule has 1 aromatic carbocycles. The molecule has 0 bridgehead atoms. The van der Waals surface area contributed by atoms with E-state index in [2.05, 4.69) is 5.32 Å². The van der Waals surface area contributed by atoms with E-state index in [1.54, 1.807) is 0 Å². The number of nitrogens with one attached hydrogen (secondary N) is 1. The first kappa shape index (κ1) is 16.6. The highest BCUT2D eigenvalue weighted by Crippen LogP contribution is 2.23. The van der Waals surface area contributed by atoms with Crippen LogP contribution in [0.5, 0.6) is 0 Å². The second-order valence-electron chi connectivity index (χ2n) is 5.13. The molecule has 0 radical (unpaired) electrons. The van der Waals surface area contributed by atoms with E-state index in [4.69, 9.17) is 0 Å². The van der Waals surface area contributed by atoms with Crippen LogP contribution in [0.25, 0.3) is 0 Å². The van der Waals surface area contributed by atoms with Crippen LogP contribution < -0.4 is 5.32 Å². The summed E-state index contributed by atoms with van der Waals surface area (Å²) in [4.78, 5) is 11.8. The Kier molecular flexibility index (Phi) is 5.62. The molecule has 0 aliphatic rings. The van der Waals surface area contributed by atoms with Crippen LogP contribution in [0, 0.1) is 17.6 Å². The van der Waals surface area contributed by atoms with E-state index in [9.17, 15) is 18.7 Å². The van der Waals surface area contributed by atoms with Crippen molar-refractivity contribution in [3.8, 4) is 0 Å². The van der Waals surface area contributed by atoms with Crippen LogP contribution in [0.2, 0.25) is 0 Å². The summed E-state index contributed by atoms with van der Waals surface area (Å²) in [5.74, 6) is -1.82. The molecule has 0 aromatic heterocycles. The highest BCUT2D eigenvalue weighted by atomic mass is 19.1. The molecule has 1 atom stereocenters. The normalized spacial score (nSPS) is 14.2. The standard InChI is InChI=1S/C15H21F2NO2/c1-4-10(5-2)14(19)18-9-15(3,20)12-7-6-11(16)8-13(12)17/h6-8,10,20H,4-5,9H2,1-3H3,(H,18,19). The first-order valence-electron chi connectivity index (χ1n) is 6.77.